The summed E-state index contributed by atoms with van der Waals surface area (Å²) < 4.78 is 1.60. The maximum absolute atomic E-state index is 12.6. The van der Waals surface area contributed by atoms with E-state index in [9.17, 15) is 4.79 Å². The molecule has 0 aliphatic rings. The van der Waals surface area contributed by atoms with Gasteiger partial charge in [0.05, 0.1) is 28.3 Å². The fourth-order valence-corrected chi connectivity index (χ4v) is 3.53. The third-order valence-electron chi connectivity index (χ3n) is 3.49. The minimum atomic E-state index is -0.0204. The normalized spacial score (nSPS) is 11.2. The van der Waals surface area contributed by atoms with Gasteiger partial charge in [0.1, 0.15) is 4.83 Å². The fraction of sp³-hybridized carbons (Fsp3) is 0.200. The lowest BCUT2D eigenvalue weighted by Gasteiger charge is -2.07. The van der Waals surface area contributed by atoms with Crippen molar-refractivity contribution in [2.24, 2.45) is 0 Å². The maximum Gasteiger partial charge on any atom is 0.262 e. The summed E-state index contributed by atoms with van der Waals surface area (Å²) in [6, 6.07) is 5.36. The lowest BCUT2D eigenvalue weighted by Crippen LogP contribution is -2.21. The maximum atomic E-state index is 12.6. The van der Waals surface area contributed by atoms with Crippen molar-refractivity contribution >= 4 is 44.8 Å². The van der Waals surface area contributed by atoms with Gasteiger partial charge in [-0.3, -0.25) is 9.36 Å². The number of hydrogen-bond acceptors (Lipinski definition) is 3. The molecule has 3 rings (SSSR count). The summed E-state index contributed by atoms with van der Waals surface area (Å²) in [6.07, 6.45) is 1.59. The van der Waals surface area contributed by atoms with E-state index in [1.165, 1.54) is 0 Å². The Labute approximate surface area is 135 Å². The standard InChI is InChI=1S/C15H12Cl2N2OS/c1-8-9(2)21-14-13(8)15(20)19(7-18-14)6-10-3-4-11(16)12(17)5-10/h3-5,7H,6H2,1-2H3. The van der Waals surface area contributed by atoms with Gasteiger partial charge in [-0.1, -0.05) is 29.3 Å². The molecule has 0 bridgehead atoms. The highest BCUT2D eigenvalue weighted by Crippen LogP contribution is 2.26. The van der Waals surface area contributed by atoms with Crippen LogP contribution in [0.15, 0.2) is 29.3 Å². The molecule has 0 fully saturated rings. The molecule has 108 valence electrons. The molecule has 3 nitrogen and oxygen atoms in total. The molecule has 0 N–H and O–H groups in total. The molecule has 0 spiro atoms. The van der Waals surface area contributed by atoms with Crippen LogP contribution >= 0.6 is 34.5 Å². The Morgan fingerprint density at radius 2 is 2.00 bits per heavy atom. The first-order valence-corrected chi connectivity index (χ1v) is 7.93. The Hall–Kier alpha value is -1.36. The van der Waals surface area contributed by atoms with Gasteiger partial charge >= 0.3 is 0 Å². The predicted molar refractivity (Wildman–Crippen MR) is 88.9 cm³/mol. The molecular formula is C15H12Cl2N2OS. The highest BCUT2D eigenvalue weighted by molar-refractivity contribution is 7.18. The highest BCUT2D eigenvalue weighted by Gasteiger charge is 2.12. The molecule has 21 heavy (non-hydrogen) atoms. The van der Waals surface area contributed by atoms with Crippen LogP contribution in [0.25, 0.3) is 10.2 Å². The van der Waals surface area contributed by atoms with Gasteiger partial charge in [-0.25, -0.2) is 4.98 Å². The van der Waals surface area contributed by atoms with E-state index in [1.54, 1.807) is 34.4 Å². The van der Waals surface area contributed by atoms with Gasteiger partial charge in [0.2, 0.25) is 0 Å². The van der Waals surface area contributed by atoms with E-state index >= 15 is 0 Å². The minimum absolute atomic E-state index is 0.0204. The molecular weight excluding hydrogens is 327 g/mol. The number of benzene rings is 1. The van der Waals surface area contributed by atoms with Crippen molar-refractivity contribution in [1.82, 2.24) is 9.55 Å². The lowest BCUT2D eigenvalue weighted by molar-refractivity contribution is 0.749. The van der Waals surface area contributed by atoms with Crippen LogP contribution in [0.1, 0.15) is 16.0 Å². The summed E-state index contributed by atoms with van der Waals surface area (Å²) in [5.41, 5.74) is 1.90. The van der Waals surface area contributed by atoms with Crippen LogP contribution < -0.4 is 5.56 Å². The number of fused-ring (bicyclic) bond motifs is 1. The van der Waals surface area contributed by atoms with Gasteiger partial charge in [-0.15, -0.1) is 11.3 Å². The molecule has 0 amide bonds. The Morgan fingerprint density at radius 1 is 1.24 bits per heavy atom. The first-order chi connectivity index (χ1) is 9.97. The van der Waals surface area contributed by atoms with Crippen molar-refractivity contribution < 1.29 is 0 Å². The summed E-state index contributed by atoms with van der Waals surface area (Å²) in [7, 11) is 0. The molecule has 0 saturated carbocycles. The van der Waals surface area contributed by atoms with Crippen LogP contribution in [0.3, 0.4) is 0 Å². The number of aryl methyl sites for hydroxylation is 2. The molecule has 1 aromatic carbocycles. The quantitative estimate of drug-likeness (QED) is 0.692. The van der Waals surface area contributed by atoms with Gasteiger partial charge in [0.25, 0.3) is 5.56 Å². The number of rotatable bonds is 2. The van der Waals surface area contributed by atoms with Gasteiger partial charge in [0, 0.05) is 4.88 Å². The number of thiophene rings is 1. The smallest absolute Gasteiger partial charge is 0.262 e. The van der Waals surface area contributed by atoms with Crippen LogP contribution in [-0.2, 0) is 6.54 Å². The summed E-state index contributed by atoms with van der Waals surface area (Å²) in [4.78, 5) is 18.9. The Kier molecular flexibility index (Phi) is 3.78. The van der Waals surface area contributed by atoms with E-state index in [0.717, 1.165) is 20.8 Å². The summed E-state index contributed by atoms with van der Waals surface area (Å²) >= 11 is 13.5. The zero-order chi connectivity index (χ0) is 15.1. The monoisotopic (exact) mass is 338 g/mol. The molecule has 0 atom stereocenters. The third-order valence-corrected chi connectivity index (χ3v) is 5.35. The van der Waals surface area contributed by atoms with Gasteiger partial charge < -0.3 is 0 Å². The third kappa shape index (κ3) is 2.59. The van der Waals surface area contributed by atoms with E-state index in [-0.39, 0.29) is 5.56 Å². The first-order valence-electron chi connectivity index (χ1n) is 6.36. The van der Waals surface area contributed by atoms with E-state index < -0.39 is 0 Å². The molecule has 2 heterocycles. The second kappa shape index (κ2) is 5.44. The molecule has 0 saturated heterocycles. The van der Waals surface area contributed by atoms with Gasteiger partial charge in [-0.05, 0) is 37.1 Å². The number of aromatic nitrogens is 2. The van der Waals surface area contributed by atoms with Crippen molar-refractivity contribution in [1.29, 1.82) is 0 Å². The lowest BCUT2D eigenvalue weighted by atomic mass is 10.2. The summed E-state index contributed by atoms with van der Waals surface area (Å²) in [5, 5.41) is 1.70. The van der Waals surface area contributed by atoms with E-state index in [0.29, 0.717) is 22.0 Å². The minimum Gasteiger partial charge on any atom is -0.294 e. The first kappa shape index (κ1) is 14.6. The average molecular weight is 339 g/mol. The fourth-order valence-electron chi connectivity index (χ4n) is 2.22. The van der Waals surface area contributed by atoms with Crippen LogP contribution in [-0.4, -0.2) is 9.55 Å². The van der Waals surface area contributed by atoms with Crippen molar-refractivity contribution in [3.8, 4) is 0 Å². The Balaban J connectivity index is 2.08. The Bertz CT molecular complexity index is 899. The average Bonchev–Trinajstić information content (AvgIpc) is 2.73. The predicted octanol–water partition coefficient (Wildman–Crippen LogP) is 4.43. The van der Waals surface area contributed by atoms with Crippen LogP contribution in [0.2, 0.25) is 10.0 Å². The second-order valence-corrected chi connectivity index (χ2v) is 6.91. The van der Waals surface area contributed by atoms with Crippen LogP contribution in [0, 0.1) is 13.8 Å². The molecule has 0 radical (unpaired) electrons. The number of hydrogen-bond donors (Lipinski definition) is 0. The number of nitrogens with zero attached hydrogens (tertiary/aromatic N) is 2. The largest absolute Gasteiger partial charge is 0.294 e. The van der Waals surface area contributed by atoms with Gasteiger partial charge in [-0.2, -0.15) is 0 Å². The SMILES string of the molecule is Cc1sc2ncn(Cc3ccc(Cl)c(Cl)c3)c(=O)c2c1C. The van der Waals surface area contributed by atoms with Crippen molar-refractivity contribution in [2.45, 2.75) is 20.4 Å². The van der Waals surface area contributed by atoms with Crippen molar-refractivity contribution in [3.05, 3.63) is 60.9 Å². The molecule has 0 aliphatic heterocycles. The Morgan fingerprint density at radius 3 is 2.71 bits per heavy atom. The van der Waals surface area contributed by atoms with Gasteiger partial charge in [0.15, 0.2) is 0 Å². The molecule has 3 aromatic rings. The molecule has 0 unspecified atom stereocenters. The highest BCUT2D eigenvalue weighted by atomic mass is 35.5. The zero-order valence-electron chi connectivity index (χ0n) is 11.5. The van der Waals surface area contributed by atoms with E-state index in [4.69, 9.17) is 23.2 Å². The van der Waals surface area contributed by atoms with Crippen molar-refractivity contribution in [2.75, 3.05) is 0 Å². The van der Waals surface area contributed by atoms with Crippen LogP contribution in [0.5, 0.6) is 0 Å². The molecule has 2 aromatic heterocycles. The molecule has 6 heteroatoms. The summed E-state index contributed by atoms with van der Waals surface area (Å²) in [5.74, 6) is 0. The van der Waals surface area contributed by atoms with Crippen molar-refractivity contribution in [3.63, 3.8) is 0 Å². The molecule has 0 aliphatic carbocycles. The summed E-state index contributed by atoms with van der Waals surface area (Å²) in [6.45, 7) is 4.39. The second-order valence-electron chi connectivity index (χ2n) is 4.89. The van der Waals surface area contributed by atoms with E-state index in [2.05, 4.69) is 4.98 Å². The zero-order valence-corrected chi connectivity index (χ0v) is 13.8. The van der Waals surface area contributed by atoms with Crippen LogP contribution in [0.4, 0.5) is 0 Å². The number of halogens is 2. The topological polar surface area (TPSA) is 34.9 Å². The van der Waals surface area contributed by atoms with E-state index in [1.807, 2.05) is 19.9 Å².